The molecule has 5 heteroatoms. The van der Waals surface area contributed by atoms with E-state index in [1.54, 1.807) is 6.92 Å². The Morgan fingerprint density at radius 1 is 1.38 bits per heavy atom. The largest absolute Gasteiger partial charge is 0.497 e. The molecule has 0 aliphatic rings. The summed E-state index contributed by atoms with van der Waals surface area (Å²) in [6, 6.07) is 2.48. The van der Waals surface area contributed by atoms with Crippen LogP contribution in [0, 0.1) is 12.7 Å². The highest BCUT2D eigenvalue weighted by Crippen LogP contribution is 2.13. The summed E-state index contributed by atoms with van der Waals surface area (Å²) in [5, 5.41) is 17.7. The average molecular weight is 184 g/mol. The van der Waals surface area contributed by atoms with Gasteiger partial charge in [0, 0.05) is 5.46 Å². The normalized spacial score (nSPS) is 9.92. The van der Waals surface area contributed by atoms with Crippen molar-refractivity contribution in [2.75, 3.05) is 7.11 Å². The maximum absolute atomic E-state index is 13.0. The molecule has 1 rings (SSSR count). The quantitative estimate of drug-likeness (QED) is 0.627. The van der Waals surface area contributed by atoms with Crippen LogP contribution in [0.1, 0.15) is 5.56 Å². The van der Waals surface area contributed by atoms with Gasteiger partial charge in [-0.3, -0.25) is 0 Å². The lowest BCUT2D eigenvalue weighted by Gasteiger charge is -2.08. The van der Waals surface area contributed by atoms with Gasteiger partial charge < -0.3 is 14.8 Å². The minimum atomic E-state index is -1.72. The van der Waals surface area contributed by atoms with Crippen LogP contribution in [0.15, 0.2) is 12.1 Å². The van der Waals surface area contributed by atoms with E-state index in [1.807, 2.05) is 0 Å². The Kier molecular flexibility index (Phi) is 2.90. The Balaban J connectivity index is 3.25. The van der Waals surface area contributed by atoms with E-state index in [0.29, 0.717) is 5.56 Å². The molecule has 1 aromatic carbocycles. The van der Waals surface area contributed by atoms with Gasteiger partial charge >= 0.3 is 7.12 Å². The lowest BCUT2D eigenvalue weighted by Crippen LogP contribution is -2.31. The molecule has 13 heavy (non-hydrogen) atoms. The van der Waals surface area contributed by atoms with Crippen LogP contribution in [-0.2, 0) is 0 Å². The van der Waals surface area contributed by atoms with E-state index in [4.69, 9.17) is 14.8 Å². The van der Waals surface area contributed by atoms with Crippen LogP contribution in [0.5, 0.6) is 5.75 Å². The number of hydrogen-bond acceptors (Lipinski definition) is 3. The molecule has 0 bridgehead atoms. The van der Waals surface area contributed by atoms with Crippen LogP contribution in [0.4, 0.5) is 4.39 Å². The molecule has 2 N–H and O–H groups in total. The van der Waals surface area contributed by atoms with Gasteiger partial charge in [0.1, 0.15) is 11.6 Å². The molecule has 0 atom stereocenters. The van der Waals surface area contributed by atoms with Crippen molar-refractivity contribution in [1.82, 2.24) is 0 Å². The minimum Gasteiger partial charge on any atom is -0.497 e. The maximum Gasteiger partial charge on any atom is 0.492 e. The summed E-state index contributed by atoms with van der Waals surface area (Å²) in [5.41, 5.74) is 0.437. The predicted molar refractivity (Wildman–Crippen MR) is 47.5 cm³/mol. The number of aryl methyl sites for hydroxylation is 1. The summed E-state index contributed by atoms with van der Waals surface area (Å²) in [4.78, 5) is 0. The second-order valence-corrected chi connectivity index (χ2v) is 2.72. The van der Waals surface area contributed by atoms with Crippen molar-refractivity contribution in [2.45, 2.75) is 6.92 Å². The molecule has 0 saturated heterocycles. The molecule has 0 heterocycles. The Bertz CT molecular complexity index is 315. The third-order valence-corrected chi connectivity index (χ3v) is 1.79. The van der Waals surface area contributed by atoms with Crippen molar-refractivity contribution < 1.29 is 19.2 Å². The summed E-state index contributed by atoms with van der Waals surface area (Å²) >= 11 is 0. The molecule has 70 valence electrons. The first-order valence-electron chi connectivity index (χ1n) is 3.76. The maximum atomic E-state index is 13.0. The van der Waals surface area contributed by atoms with E-state index in [-0.39, 0.29) is 11.2 Å². The number of benzene rings is 1. The molecule has 0 saturated carbocycles. The Morgan fingerprint density at radius 3 is 2.46 bits per heavy atom. The molecule has 0 unspecified atom stereocenters. The molecule has 0 radical (unpaired) electrons. The van der Waals surface area contributed by atoms with Gasteiger partial charge in [-0.1, -0.05) is 0 Å². The Morgan fingerprint density at radius 2 is 2.00 bits per heavy atom. The topological polar surface area (TPSA) is 49.7 Å². The molecule has 0 spiro atoms. The fourth-order valence-corrected chi connectivity index (χ4v) is 1.05. The zero-order valence-corrected chi connectivity index (χ0v) is 7.41. The molecule has 0 fully saturated rings. The predicted octanol–water partition coefficient (Wildman–Crippen LogP) is -0.177. The van der Waals surface area contributed by atoms with Gasteiger partial charge in [0.2, 0.25) is 0 Å². The van der Waals surface area contributed by atoms with Crippen molar-refractivity contribution in [3.05, 3.63) is 23.5 Å². The van der Waals surface area contributed by atoms with Gasteiger partial charge in [0.25, 0.3) is 0 Å². The van der Waals surface area contributed by atoms with Crippen molar-refractivity contribution in [3.63, 3.8) is 0 Å². The minimum absolute atomic E-state index is 0.0330. The SMILES string of the molecule is COc1cc(C)c(F)cc1B(O)O. The van der Waals surface area contributed by atoms with E-state index in [1.165, 1.54) is 13.2 Å². The molecule has 3 nitrogen and oxygen atoms in total. The first kappa shape index (κ1) is 10.0. The van der Waals surface area contributed by atoms with E-state index >= 15 is 0 Å². The molecular formula is C8H10BFO3. The third-order valence-electron chi connectivity index (χ3n) is 1.79. The van der Waals surface area contributed by atoms with Gasteiger partial charge in [0.15, 0.2) is 0 Å². The van der Waals surface area contributed by atoms with Crippen LogP contribution >= 0.6 is 0 Å². The summed E-state index contributed by atoms with van der Waals surface area (Å²) < 4.78 is 17.8. The van der Waals surface area contributed by atoms with Crippen molar-refractivity contribution in [2.24, 2.45) is 0 Å². The third kappa shape index (κ3) is 1.99. The van der Waals surface area contributed by atoms with E-state index in [0.717, 1.165) is 6.07 Å². The zero-order valence-electron chi connectivity index (χ0n) is 7.41. The van der Waals surface area contributed by atoms with E-state index < -0.39 is 12.9 Å². The number of rotatable bonds is 2. The highest BCUT2D eigenvalue weighted by molar-refractivity contribution is 6.59. The van der Waals surface area contributed by atoms with Crippen LogP contribution in [-0.4, -0.2) is 24.3 Å². The fraction of sp³-hybridized carbons (Fsp3) is 0.250. The Hall–Kier alpha value is -1.07. The fourth-order valence-electron chi connectivity index (χ4n) is 1.05. The molecular weight excluding hydrogens is 174 g/mol. The van der Waals surface area contributed by atoms with Crippen molar-refractivity contribution >= 4 is 12.6 Å². The number of ether oxygens (including phenoxy) is 1. The van der Waals surface area contributed by atoms with Gasteiger partial charge in [-0.2, -0.15) is 0 Å². The highest BCUT2D eigenvalue weighted by atomic mass is 19.1. The van der Waals surface area contributed by atoms with Gasteiger partial charge in [0.05, 0.1) is 7.11 Å². The summed E-state index contributed by atoms with van der Waals surface area (Å²) in [6.07, 6.45) is 0. The first-order chi connectivity index (χ1) is 6.06. The van der Waals surface area contributed by atoms with Crippen molar-refractivity contribution in [3.8, 4) is 5.75 Å². The molecule has 1 aromatic rings. The number of methoxy groups -OCH3 is 1. The second kappa shape index (κ2) is 3.76. The first-order valence-corrected chi connectivity index (χ1v) is 3.76. The van der Waals surface area contributed by atoms with E-state index in [2.05, 4.69) is 0 Å². The standard InChI is InChI=1S/C8H10BFO3/c1-5-3-8(13-2)6(9(11)12)4-7(5)10/h3-4,11-12H,1-2H3. The monoisotopic (exact) mass is 184 g/mol. The lowest BCUT2D eigenvalue weighted by molar-refractivity contribution is 0.401. The second-order valence-electron chi connectivity index (χ2n) is 2.72. The van der Waals surface area contributed by atoms with E-state index in [9.17, 15) is 4.39 Å². The summed E-state index contributed by atoms with van der Waals surface area (Å²) in [6.45, 7) is 1.57. The summed E-state index contributed by atoms with van der Waals surface area (Å²) in [7, 11) is -0.330. The smallest absolute Gasteiger partial charge is 0.492 e. The van der Waals surface area contributed by atoms with Gasteiger partial charge in [-0.05, 0) is 24.6 Å². The van der Waals surface area contributed by atoms with Crippen LogP contribution in [0.25, 0.3) is 0 Å². The van der Waals surface area contributed by atoms with Crippen LogP contribution in [0.2, 0.25) is 0 Å². The van der Waals surface area contributed by atoms with Crippen molar-refractivity contribution in [1.29, 1.82) is 0 Å². The number of hydrogen-bond donors (Lipinski definition) is 2. The van der Waals surface area contributed by atoms with Gasteiger partial charge in [-0.25, -0.2) is 4.39 Å². The molecule has 0 aromatic heterocycles. The lowest BCUT2D eigenvalue weighted by atomic mass is 9.79. The zero-order chi connectivity index (χ0) is 10.0. The highest BCUT2D eigenvalue weighted by Gasteiger charge is 2.18. The number of halogens is 1. The molecule has 0 aliphatic heterocycles. The van der Waals surface area contributed by atoms with Gasteiger partial charge in [-0.15, -0.1) is 0 Å². The van der Waals surface area contributed by atoms with Crippen LogP contribution in [0.3, 0.4) is 0 Å². The average Bonchev–Trinajstić information content (AvgIpc) is 2.08. The van der Waals surface area contributed by atoms with Crippen LogP contribution < -0.4 is 10.2 Å². The molecule has 0 aliphatic carbocycles. The Labute approximate surface area is 75.9 Å². The summed E-state index contributed by atoms with van der Waals surface area (Å²) in [5.74, 6) is -0.210. The molecule has 0 amide bonds.